The van der Waals surface area contributed by atoms with Gasteiger partial charge in [0.05, 0.1) is 12.2 Å². The maximum Gasteiger partial charge on any atom is 0.424 e. The fraction of sp³-hybridized carbons (Fsp3) is 1.00. The van der Waals surface area contributed by atoms with Crippen molar-refractivity contribution in [3.05, 3.63) is 0 Å². The first-order chi connectivity index (χ1) is 11.9. The van der Waals surface area contributed by atoms with E-state index in [2.05, 4.69) is 0 Å². The number of nitrogens with zero attached hydrogens (tertiary/aromatic N) is 2. The third kappa shape index (κ3) is 5.26. The van der Waals surface area contributed by atoms with Crippen LogP contribution in [0, 0.1) is 0 Å². The summed E-state index contributed by atoms with van der Waals surface area (Å²) in [4.78, 5) is 0. The van der Waals surface area contributed by atoms with Gasteiger partial charge in [-0.05, 0) is 81.1 Å². The maximum absolute atomic E-state index is 12.9. The molecule has 2 aliphatic rings. The van der Waals surface area contributed by atoms with Crippen molar-refractivity contribution in [2.75, 3.05) is 0 Å². The van der Waals surface area contributed by atoms with Crippen LogP contribution >= 0.6 is 18.2 Å². The minimum Gasteiger partial charge on any atom is -0.313 e. The van der Waals surface area contributed by atoms with Gasteiger partial charge in [-0.3, -0.25) is 9.05 Å². The summed E-state index contributed by atoms with van der Waals surface area (Å²) in [6, 6.07) is 0. The molecule has 9 heteroatoms. The van der Waals surface area contributed by atoms with Crippen molar-refractivity contribution in [3.8, 4) is 0 Å². The van der Waals surface area contributed by atoms with E-state index < -0.39 is 29.1 Å². The molecule has 0 bridgehead atoms. The van der Waals surface area contributed by atoms with E-state index in [4.69, 9.17) is 20.3 Å². The van der Waals surface area contributed by atoms with E-state index in [0.717, 1.165) is 0 Å². The van der Waals surface area contributed by atoms with Crippen LogP contribution in [0.3, 0.4) is 0 Å². The van der Waals surface area contributed by atoms with Crippen LogP contribution in [0.25, 0.3) is 0 Å². The number of hydroxylamine groups is 4. The zero-order valence-corrected chi connectivity index (χ0v) is 19.5. The van der Waals surface area contributed by atoms with Gasteiger partial charge in [-0.25, -0.2) is 4.57 Å². The zero-order valence-electron chi connectivity index (χ0n) is 17.8. The average molecular weight is 427 g/mol. The van der Waals surface area contributed by atoms with E-state index in [1.165, 1.54) is 10.1 Å². The summed E-state index contributed by atoms with van der Waals surface area (Å²) >= 11 is 6.21. The summed E-state index contributed by atoms with van der Waals surface area (Å²) in [7, 11) is 0. The Morgan fingerprint density at radius 1 is 0.741 bits per heavy atom. The molecule has 2 fully saturated rings. The Morgan fingerprint density at radius 2 is 0.963 bits per heavy atom. The van der Waals surface area contributed by atoms with Gasteiger partial charge in [0.25, 0.3) is 0 Å². The Morgan fingerprint density at radius 3 is 1.19 bits per heavy atom. The molecule has 2 saturated heterocycles. The maximum atomic E-state index is 12.9. The van der Waals surface area contributed by atoms with E-state index in [9.17, 15) is 15.0 Å². The second-order valence-corrected chi connectivity index (χ2v) is 13.1. The van der Waals surface area contributed by atoms with Crippen molar-refractivity contribution in [2.24, 2.45) is 0 Å². The van der Waals surface area contributed by atoms with Crippen LogP contribution < -0.4 is 0 Å². The molecule has 0 spiro atoms. The first kappa shape index (κ1) is 23.6. The summed E-state index contributed by atoms with van der Waals surface area (Å²) in [6.07, 6.45) is 1.16. The number of hydrogen-bond donors (Lipinski definition) is 2. The molecular formula is C18H36ClN2O5P. The molecule has 7 nitrogen and oxygen atoms in total. The van der Waals surface area contributed by atoms with Gasteiger partial charge in [0.2, 0.25) is 0 Å². The normalized spacial score (nSPS) is 29.7. The Kier molecular flexibility index (Phi) is 6.29. The molecule has 160 valence electrons. The van der Waals surface area contributed by atoms with E-state index in [-0.39, 0.29) is 12.2 Å². The van der Waals surface area contributed by atoms with E-state index >= 15 is 0 Å². The SMILES string of the molecule is CC1(C)CC(OP(=O)(Cl)OC2CC(C)(C)N(O)C(C)(C)C2)CC(C)(C)N1O. The topological polar surface area (TPSA) is 82.5 Å². The van der Waals surface area contributed by atoms with E-state index in [1.54, 1.807) is 0 Å². The summed E-state index contributed by atoms with van der Waals surface area (Å²) in [5.74, 6) is 0. The van der Waals surface area contributed by atoms with E-state index in [0.29, 0.717) is 25.7 Å². The second kappa shape index (κ2) is 7.21. The van der Waals surface area contributed by atoms with Crippen molar-refractivity contribution >= 4 is 18.2 Å². The van der Waals surface area contributed by atoms with Gasteiger partial charge in [0, 0.05) is 33.4 Å². The average Bonchev–Trinajstić information content (AvgIpc) is 2.39. The summed E-state index contributed by atoms with van der Waals surface area (Å²) in [5, 5.41) is 23.5. The lowest BCUT2D eigenvalue weighted by Crippen LogP contribution is -2.60. The largest absolute Gasteiger partial charge is 0.424 e. The lowest BCUT2D eigenvalue weighted by molar-refractivity contribution is -0.258. The van der Waals surface area contributed by atoms with Gasteiger partial charge < -0.3 is 10.4 Å². The summed E-state index contributed by atoms with van der Waals surface area (Å²) < 4.78 is 24.4. The Hall–Kier alpha value is 0.280. The minimum atomic E-state index is -3.82. The van der Waals surface area contributed by atoms with Gasteiger partial charge in [-0.15, -0.1) is 0 Å². The number of rotatable bonds is 4. The number of piperidine rings is 2. The Labute approximate surface area is 168 Å². The van der Waals surface area contributed by atoms with Crippen molar-refractivity contribution in [2.45, 2.75) is 115 Å². The molecule has 0 aromatic heterocycles. The van der Waals surface area contributed by atoms with Gasteiger partial charge in [-0.2, -0.15) is 10.1 Å². The first-order valence-corrected chi connectivity index (χ1v) is 12.0. The van der Waals surface area contributed by atoms with Crippen molar-refractivity contribution < 1.29 is 24.0 Å². The molecule has 2 heterocycles. The van der Waals surface area contributed by atoms with Gasteiger partial charge in [0.15, 0.2) is 0 Å². The standard InChI is InChI=1S/C18H36ClN2O5P/c1-15(2)9-13(10-16(3,4)20(15)22)25-27(19,24)26-14-11-17(5,6)21(23)18(7,8)12-14/h13-14,22-23H,9-12H2,1-8H3. The lowest BCUT2D eigenvalue weighted by Gasteiger charge is -2.52. The monoisotopic (exact) mass is 426 g/mol. The molecule has 0 aliphatic carbocycles. The van der Waals surface area contributed by atoms with Crippen molar-refractivity contribution in [1.29, 1.82) is 0 Å². The lowest BCUT2D eigenvalue weighted by atomic mass is 9.80. The Balaban J connectivity index is 2.08. The molecule has 0 aromatic rings. The molecule has 0 amide bonds. The van der Waals surface area contributed by atoms with Crippen LogP contribution in [0.15, 0.2) is 0 Å². The predicted octanol–water partition coefficient (Wildman–Crippen LogP) is 5.19. The van der Waals surface area contributed by atoms with Crippen LogP contribution in [0.2, 0.25) is 0 Å². The van der Waals surface area contributed by atoms with Gasteiger partial charge in [-0.1, -0.05) is 0 Å². The summed E-state index contributed by atoms with van der Waals surface area (Å²) in [5.41, 5.74) is -2.13. The fourth-order valence-corrected chi connectivity index (χ4v) is 6.62. The zero-order chi connectivity index (χ0) is 21.1. The highest BCUT2D eigenvalue weighted by atomic mass is 35.7. The Bertz CT molecular complexity index is 527. The molecule has 2 N–H and O–H groups in total. The van der Waals surface area contributed by atoms with Crippen LogP contribution in [0.1, 0.15) is 81.1 Å². The third-order valence-corrected chi connectivity index (χ3v) is 7.33. The van der Waals surface area contributed by atoms with Crippen molar-refractivity contribution in [3.63, 3.8) is 0 Å². The number of halogens is 1. The van der Waals surface area contributed by atoms with Crippen LogP contribution in [-0.2, 0) is 13.6 Å². The molecule has 0 aromatic carbocycles. The van der Waals surface area contributed by atoms with Gasteiger partial charge >= 0.3 is 6.95 Å². The molecular weight excluding hydrogens is 391 g/mol. The minimum absolute atomic E-state index is 0.388. The first-order valence-electron chi connectivity index (χ1n) is 9.53. The highest BCUT2D eigenvalue weighted by molar-refractivity contribution is 7.81. The predicted molar refractivity (Wildman–Crippen MR) is 105 cm³/mol. The van der Waals surface area contributed by atoms with Gasteiger partial charge in [0.1, 0.15) is 0 Å². The molecule has 0 saturated carbocycles. The van der Waals surface area contributed by atoms with Crippen LogP contribution in [0.5, 0.6) is 0 Å². The van der Waals surface area contributed by atoms with Crippen molar-refractivity contribution in [1.82, 2.24) is 10.1 Å². The molecule has 2 rings (SSSR count). The highest BCUT2D eigenvalue weighted by Crippen LogP contribution is 2.59. The molecule has 27 heavy (non-hydrogen) atoms. The quantitative estimate of drug-likeness (QED) is 0.598. The molecule has 0 atom stereocenters. The van der Waals surface area contributed by atoms with Crippen LogP contribution in [-0.4, -0.2) is 54.9 Å². The van der Waals surface area contributed by atoms with E-state index in [1.807, 2.05) is 55.4 Å². The highest BCUT2D eigenvalue weighted by Gasteiger charge is 2.50. The smallest absolute Gasteiger partial charge is 0.313 e. The summed E-state index contributed by atoms with van der Waals surface area (Å²) in [6.45, 7) is 11.4. The molecule has 0 radical (unpaired) electrons. The second-order valence-electron chi connectivity index (χ2n) is 10.6. The fourth-order valence-electron chi connectivity index (χ4n) is 4.89. The molecule has 2 aliphatic heterocycles. The van der Waals surface area contributed by atoms with Crippen LogP contribution in [0.4, 0.5) is 0 Å². The third-order valence-electron chi connectivity index (χ3n) is 5.75. The number of hydrogen-bond acceptors (Lipinski definition) is 7. The molecule has 0 unspecified atom stereocenters.